The second kappa shape index (κ2) is 14.5. The number of nitro groups is 1. The number of hydrogen-bond acceptors (Lipinski definition) is 7. The van der Waals surface area contributed by atoms with Crippen LogP contribution in [-0.2, 0) is 19.1 Å². The van der Waals surface area contributed by atoms with Crippen LogP contribution in [0.3, 0.4) is 0 Å². The molecule has 0 fully saturated rings. The summed E-state index contributed by atoms with van der Waals surface area (Å²) in [6.07, 6.45) is 1.15. The first-order valence-corrected chi connectivity index (χ1v) is 15.1. The number of methoxy groups -OCH3 is 1. The van der Waals surface area contributed by atoms with Gasteiger partial charge in [0.05, 0.1) is 37.6 Å². The standard InChI is InChI=1S/C36H42N3O6/c1-24(22-31(27-14-8-6-9-15-27)28-16-10-7-11-17-28)39(4)25(2)32(35(40)44-5)34(29-18-12-19-30(23-29)38(42)43)33(26(39)3)36(41)45-21-13-20-37/h6-12,14-19,23-24,31,34H,13,20-22,37H2,1-5H3/q+1. The lowest BCUT2D eigenvalue weighted by Gasteiger charge is -2.46. The Morgan fingerprint density at radius 2 is 1.47 bits per heavy atom. The fourth-order valence-corrected chi connectivity index (χ4v) is 6.48. The van der Waals surface area contributed by atoms with E-state index in [1.165, 1.54) is 19.2 Å². The number of nitrogens with zero attached hydrogens (tertiary/aromatic N) is 2. The maximum absolute atomic E-state index is 14.0. The molecule has 1 aliphatic rings. The summed E-state index contributed by atoms with van der Waals surface area (Å²) in [6, 6.07) is 26.4. The molecule has 9 heteroatoms. The van der Waals surface area contributed by atoms with Crippen molar-refractivity contribution in [3.05, 3.63) is 134 Å². The largest absolute Gasteiger partial charge is 0.465 e. The number of non-ortho nitro benzene ring substituents is 1. The molecule has 1 heterocycles. The number of allylic oxidation sites excluding steroid dienone is 2. The molecule has 0 amide bonds. The summed E-state index contributed by atoms with van der Waals surface area (Å²) >= 11 is 0. The minimum atomic E-state index is -0.930. The van der Waals surface area contributed by atoms with Crippen molar-refractivity contribution in [2.24, 2.45) is 5.73 Å². The molecule has 0 aromatic heterocycles. The summed E-state index contributed by atoms with van der Waals surface area (Å²) in [5, 5.41) is 11.7. The lowest BCUT2D eigenvalue weighted by Crippen LogP contribution is -2.53. The zero-order valence-electron chi connectivity index (χ0n) is 26.6. The predicted octanol–water partition coefficient (Wildman–Crippen LogP) is 6.36. The average Bonchev–Trinajstić information content (AvgIpc) is 3.06. The Hall–Kier alpha value is -4.60. The Morgan fingerprint density at radius 3 is 1.98 bits per heavy atom. The predicted molar refractivity (Wildman–Crippen MR) is 173 cm³/mol. The van der Waals surface area contributed by atoms with Crippen LogP contribution in [0.25, 0.3) is 0 Å². The fraction of sp³-hybridized carbons (Fsp3) is 0.333. The van der Waals surface area contributed by atoms with Gasteiger partial charge in [-0.25, -0.2) is 9.59 Å². The van der Waals surface area contributed by atoms with Crippen molar-refractivity contribution in [3.63, 3.8) is 0 Å². The molecule has 1 aliphatic heterocycles. The van der Waals surface area contributed by atoms with Gasteiger partial charge in [0.15, 0.2) is 0 Å². The molecule has 45 heavy (non-hydrogen) atoms. The van der Waals surface area contributed by atoms with Crippen molar-refractivity contribution in [1.29, 1.82) is 0 Å². The molecule has 2 N–H and O–H groups in total. The molecule has 0 radical (unpaired) electrons. The molecule has 0 aliphatic carbocycles. The van der Waals surface area contributed by atoms with Crippen molar-refractivity contribution in [3.8, 4) is 0 Å². The van der Waals surface area contributed by atoms with Crippen LogP contribution in [0.5, 0.6) is 0 Å². The highest BCUT2D eigenvalue weighted by Crippen LogP contribution is 2.49. The van der Waals surface area contributed by atoms with Gasteiger partial charge in [-0.05, 0) is 36.6 Å². The Bertz CT molecular complexity index is 1560. The molecule has 0 bridgehead atoms. The average molecular weight is 613 g/mol. The minimum absolute atomic E-state index is 0.0361. The smallest absolute Gasteiger partial charge is 0.340 e. The summed E-state index contributed by atoms with van der Waals surface area (Å²) < 4.78 is 11.2. The van der Waals surface area contributed by atoms with Crippen LogP contribution in [0.4, 0.5) is 5.69 Å². The summed E-state index contributed by atoms with van der Waals surface area (Å²) in [7, 11) is 3.30. The third-order valence-corrected chi connectivity index (χ3v) is 9.23. The van der Waals surface area contributed by atoms with Crippen LogP contribution in [0.2, 0.25) is 0 Å². The third-order valence-electron chi connectivity index (χ3n) is 9.23. The van der Waals surface area contributed by atoms with Gasteiger partial charge in [-0.1, -0.05) is 72.8 Å². The van der Waals surface area contributed by atoms with Gasteiger partial charge in [0, 0.05) is 38.3 Å². The van der Waals surface area contributed by atoms with Crippen molar-refractivity contribution >= 4 is 17.6 Å². The van der Waals surface area contributed by atoms with E-state index in [0.717, 1.165) is 11.1 Å². The highest BCUT2D eigenvalue weighted by molar-refractivity contribution is 5.99. The number of quaternary nitrogens is 1. The highest BCUT2D eigenvalue weighted by Gasteiger charge is 2.50. The monoisotopic (exact) mass is 612 g/mol. The minimum Gasteiger partial charge on any atom is -0.465 e. The Morgan fingerprint density at radius 1 is 0.911 bits per heavy atom. The number of nitrogens with two attached hydrogens (primary N) is 1. The fourth-order valence-electron chi connectivity index (χ4n) is 6.48. The molecular weight excluding hydrogens is 570 g/mol. The second-order valence-electron chi connectivity index (χ2n) is 11.6. The maximum Gasteiger partial charge on any atom is 0.340 e. The number of carbonyl (C=O) groups is 2. The summed E-state index contributed by atoms with van der Waals surface area (Å²) in [5.41, 5.74) is 10.2. The van der Waals surface area contributed by atoms with Gasteiger partial charge in [0.2, 0.25) is 0 Å². The van der Waals surface area contributed by atoms with Gasteiger partial charge in [-0.2, -0.15) is 0 Å². The summed E-state index contributed by atoms with van der Waals surface area (Å²) in [5.74, 6) is -2.09. The molecule has 236 valence electrons. The van der Waals surface area contributed by atoms with Gasteiger partial charge >= 0.3 is 11.9 Å². The number of rotatable bonds is 12. The van der Waals surface area contributed by atoms with E-state index < -0.39 is 22.8 Å². The number of benzene rings is 3. The molecule has 3 unspecified atom stereocenters. The second-order valence-corrected chi connectivity index (χ2v) is 11.6. The normalized spacial score (nSPS) is 19.0. The molecular formula is C36H42N3O6+. The zero-order chi connectivity index (χ0) is 32.7. The van der Waals surface area contributed by atoms with E-state index in [2.05, 4.69) is 31.2 Å². The molecule has 3 atom stereocenters. The van der Waals surface area contributed by atoms with Gasteiger partial charge in [-0.15, -0.1) is 0 Å². The molecule has 9 nitrogen and oxygen atoms in total. The number of carbonyl (C=O) groups excluding carboxylic acids is 2. The molecule has 0 saturated heterocycles. The lowest BCUT2D eigenvalue weighted by molar-refractivity contribution is -0.861. The SMILES string of the molecule is COC(=O)C1=C(C)[N+](C)(C(C)CC(c2ccccc2)c2ccccc2)C(C)=C(C(=O)OCCCN)C1c1cccc([N+](=O)[O-])c1. The van der Waals surface area contributed by atoms with Crippen LogP contribution < -0.4 is 5.73 Å². The van der Waals surface area contributed by atoms with Crippen molar-refractivity contribution in [2.75, 3.05) is 27.3 Å². The van der Waals surface area contributed by atoms with Crippen LogP contribution >= 0.6 is 0 Å². The molecule has 0 spiro atoms. The van der Waals surface area contributed by atoms with Gasteiger partial charge < -0.3 is 15.2 Å². The van der Waals surface area contributed by atoms with E-state index >= 15 is 0 Å². The van der Waals surface area contributed by atoms with Crippen molar-refractivity contribution in [1.82, 2.24) is 0 Å². The quantitative estimate of drug-likeness (QED) is 0.0830. The van der Waals surface area contributed by atoms with E-state index in [1.807, 2.05) is 57.3 Å². The molecule has 4 rings (SSSR count). The van der Waals surface area contributed by atoms with E-state index in [4.69, 9.17) is 15.2 Å². The van der Waals surface area contributed by atoms with E-state index in [0.29, 0.717) is 36.3 Å². The van der Waals surface area contributed by atoms with Crippen LogP contribution in [0, 0.1) is 10.1 Å². The number of hydrogen-bond donors (Lipinski definition) is 1. The Labute approximate surface area is 264 Å². The van der Waals surface area contributed by atoms with E-state index in [9.17, 15) is 19.7 Å². The summed E-state index contributed by atoms with van der Waals surface area (Å²) in [4.78, 5) is 38.9. The van der Waals surface area contributed by atoms with E-state index in [1.54, 1.807) is 12.1 Å². The summed E-state index contributed by atoms with van der Waals surface area (Å²) in [6.45, 7) is 6.33. The molecule has 3 aromatic rings. The first-order valence-electron chi connectivity index (χ1n) is 15.1. The number of esters is 2. The van der Waals surface area contributed by atoms with Crippen LogP contribution in [0.15, 0.2) is 107 Å². The van der Waals surface area contributed by atoms with Crippen LogP contribution in [-0.4, -0.2) is 54.7 Å². The maximum atomic E-state index is 14.0. The van der Waals surface area contributed by atoms with Crippen molar-refractivity contribution < 1.29 is 28.5 Å². The topological polar surface area (TPSA) is 122 Å². The Kier molecular flexibility index (Phi) is 10.7. The number of nitro benzene ring substituents is 1. The van der Waals surface area contributed by atoms with Crippen molar-refractivity contribution in [2.45, 2.75) is 51.5 Å². The number of ether oxygens (including phenoxy) is 2. The van der Waals surface area contributed by atoms with Gasteiger partial charge in [0.1, 0.15) is 22.5 Å². The third kappa shape index (κ3) is 6.74. The van der Waals surface area contributed by atoms with E-state index in [-0.39, 0.29) is 39.9 Å². The lowest BCUT2D eigenvalue weighted by atomic mass is 9.77. The van der Waals surface area contributed by atoms with Gasteiger partial charge in [0.25, 0.3) is 5.69 Å². The highest BCUT2D eigenvalue weighted by atomic mass is 16.6. The van der Waals surface area contributed by atoms with Gasteiger partial charge in [-0.3, -0.25) is 14.6 Å². The van der Waals surface area contributed by atoms with Crippen LogP contribution in [0.1, 0.15) is 62.1 Å². The first kappa shape index (κ1) is 33.3. The first-order chi connectivity index (χ1) is 21.6. The molecule has 3 aromatic carbocycles. The molecule has 0 saturated carbocycles. The Balaban J connectivity index is 1.93. The zero-order valence-corrected chi connectivity index (χ0v) is 26.6.